The number of amides is 1. The molecular formula is C16H24N2O2. The van der Waals surface area contributed by atoms with E-state index in [2.05, 4.69) is 32.2 Å². The van der Waals surface area contributed by atoms with Crippen LogP contribution in [0.3, 0.4) is 0 Å². The fraction of sp³-hybridized carbons (Fsp3) is 0.562. The maximum absolute atomic E-state index is 12.1. The van der Waals surface area contributed by atoms with Gasteiger partial charge in [0.25, 0.3) is 0 Å². The molecule has 110 valence electrons. The van der Waals surface area contributed by atoms with E-state index in [-0.39, 0.29) is 11.3 Å². The molecule has 0 spiro atoms. The minimum Gasteiger partial charge on any atom is -0.378 e. The molecule has 1 aliphatic rings. The number of anilines is 1. The molecule has 2 rings (SSSR count). The van der Waals surface area contributed by atoms with E-state index in [0.29, 0.717) is 32.8 Å². The summed E-state index contributed by atoms with van der Waals surface area (Å²) in [5.41, 5.74) is 2.34. The quantitative estimate of drug-likeness (QED) is 0.920. The lowest BCUT2D eigenvalue weighted by atomic mass is 9.86. The Morgan fingerprint density at radius 2 is 1.90 bits per heavy atom. The maximum atomic E-state index is 12.1. The zero-order valence-corrected chi connectivity index (χ0v) is 12.6. The van der Waals surface area contributed by atoms with Crippen molar-refractivity contribution < 1.29 is 9.53 Å². The maximum Gasteiger partial charge on any atom is 0.242 e. The molecule has 0 radical (unpaired) electrons. The zero-order chi connectivity index (χ0) is 14.6. The van der Waals surface area contributed by atoms with Crippen molar-refractivity contribution in [3.63, 3.8) is 0 Å². The Morgan fingerprint density at radius 1 is 1.25 bits per heavy atom. The fourth-order valence-electron chi connectivity index (χ4n) is 2.39. The monoisotopic (exact) mass is 276 g/mol. The largest absolute Gasteiger partial charge is 0.378 e. The van der Waals surface area contributed by atoms with E-state index in [1.807, 2.05) is 23.1 Å². The Morgan fingerprint density at radius 3 is 2.55 bits per heavy atom. The van der Waals surface area contributed by atoms with Gasteiger partial charge in [-0.25, -0.2) is 0 Å². The molecule has 0 unspecified atom stereocenters. The second-order valence-electron chi connectivity index (χ2n) is 6.14. The van der Waals surface area contributed by atoms with Gasteiger partial charge in [0.05, 0.1) is 19.8 Å². The van der Waals surface area contributed by atoms with Crippen molar-refractivity contribution >= 4 is 11.6 Å². The van der Waals surface area contributed by atoms with Crippen molar-refractivity contribution in [1.82, 2.24) is 4.90 Å². The second kappa shape index (κ2) is 6.27. The van der Waals surface area contributed by atoms with Crippen molar-refractivity contribution in [3.8, 4) is 0 Å². The molecule has 0 bridgehead atoms. The van der Waals surface area contributed by atoms with Gasteiger partial charge >= 0.3 is 0 Å². The van der Waals surface area contributed by atoms with Crippen LogP contribution in [0.5, 0.6) is 0 Å². The Kier molecular flexibility index (Phi) is 4.65. The molecule has 4 heteroatoms. The van der Waals surface area contributed by atoms with Crippen LogP contribution in [-0.2, 0) is 14.9 Å². The Hall–Kier alpha value is -1.55. The van der Waals surface area contributed by atoms with E-state index in [9.17, 15) is 4.79 Å². The average Bonchev–Trinajstić information content (AvgIpc) is 2.45. The third kappa shape index (κ3) is 3.73. The Bertz CT molecular complexity index is 460. The van der Waals surface area contributed by atoms with E-state index >= 15 is 0 Å². The van der Waals surface area contributed by atoms with Crippen LogP contribution in [0.2, 0.25) is 0 Å². The Labute approximate surface area is 121 Å². The topological polar surface area (TPSA) is 41.6 Å². The molecule has 1 saturated heterocycles. The van der Waals surface area contributed by atoms with Gasteiger partial charge in [0.15, 0.2) is 0 Å². The van der Waals surface area contributed by atoms with Crippen LogP contribution in [0.25, 0.3) is 0 Å². The van der Waals surface area contributed by atoms with Crippen LogP contribution in [0, 0.1) is 0 Å². The zero-order valence-electron chi connectivity index (χ0n) is 12.6. The smallest absolute Gasteiger partial charge is 0.242 e. The van der Waals surface area contributed by atoms with Gasteiger partial charge in [0, 0.05) is 18.8 Å². The number of carbonyl (C=O) groups is 1. The number of ether oxygens (including phenoxy) is 1. The summed E-state index contributed by atoms with van der Waals surface area (Å²) in [7, 11) is 0. The minimum atomic E-state index is 0.0611. The minimum absolute atomic E-state index is 0.0611. The molecule has 1 aromatic rings. The van der Waals surface area contributed by atoms with Crippen LogP contribution >= 0.6 is 0 Å². The van der Waals surface area contributed by atoms with Gasteiger partial charge in [0.1, 0.15) is 0 Å². The summed E-state index contributed by atoms with van der Waals surface area (Å²) in [6.45, 7) is 9.55. The molecule has 0 aliphatic carbocycles. The lowest BCUT2D eigenvalue weighted by molar-refractivity contribution is -0.133. The van der Waals surface area contributed by atoms with Gasteiger partial charge in [-0.1, -0.05) is 39.0 Å². The van der Waals surface area contributed by atoms with Crippen molar-refractivity contribution in [2.75, 3.05) is 38.2 Å². The molecule has 1 N–H and O–H groups in total. The molecule has 20 heavy (non-hydrogen) atoms. The number of hydrogen-bond acceptors (Lipinski definition) is 3. The predicted octanol–water partition coefficient (Wildman–Crippen LogP) is 2.25. The molecule has 0 saturated carbocycles. The number of nitrogens with zero attached hydrogens (tertiary/aromatic N) is 1. The SMILES string of the molecule is CC(C)(C)c1ccccc1NCC(=O)N1CCOCC1. The van der Waals surface area contributed by atoms with Crippen LogP contribution in [-0.4, -0.2) is 43.7 Å². The summed E-state index contributed by atoms with van der Waals surface area (Å²) < 4.78 is 5.26. The summed E-state index contributed by atoms with van der Waals surface area (Å²) >= 11 is 0. The highest BCUT2D eigenvalue weighted by Gasteiger charge is 2.19. The number of rotatable bonds is 3. The molecule has 1 aromatic carbocycles. The van der Waals surface area contributed by atoms with Crippen molar-refractivity contribution in [1.29, 1.82) is 0 Å². The van der Waals surface area contributed by atoms with Gasteiger partial charge in [-0.15, -0.1) is 0 Å². The third-order valence-corrected chi connectivity index (χ3v) is 3.53. The van der Waals surface area contributed by atoms with Crippen LogP contribution in [0.4, 0.5) is 5.69 Å². The van der Waals surface area contributed by atoms with Crippen LogP contribution in [0.1, 0.15) is 26.3 Å². The first-order chi connectivity index (χ1) is 9.48. The number of nitrogens with one attached hydrogen (secondary N) is 1. The molecule has 0 atom stereocenters. The predicted molar refractivity (Wildman–Crippen MR) is 81.0 cm³/mol. The van der Waals surface area contributed by atoms with Gasteiger partial charge in [0.2, 0.25) is 5.91 Å². The number of benzene rings is 1. The van der Waals surface area contributed by atoms with Gasteiger partial charge in [-0.3, -0.25) is 4.79 Å². The number of para-hydroxylation sites is 1. The van der Waals surface area contributed by atoms with Crippen LogP contribution < -0.4 is 5.32 Å². The Balaban J connectivity index is 1.98. The van der Waals surface area contributed by atoms with Gasteiger partial charge in [-0.2, -0.15) is 0 Å². The van der Waals surface area contributed by atoms with E-state index in [1.165, 1.54) is 5.56 Å². The molecule has 1 fully saturated rings. The van der Waals surface area contributed by atoms with E-state index in [4.69, 9.17) is 4.74 Å². The lowest BCUT2D eigenvalue weighted by Crippen LogP contribution is -2.43. The first-order valence-electron chi connectivity index (χ1n) is 7.17. The van der Waals surface area contributed by atoms with Crippen molar-refractivity contribution in [2.24, 2.45) is 0 Å². The third-order valence-electron chi connectivity index (χ3n) is 3.53. The van der Waals surface area contributed by atoms with Crippen molar-refractivity contribution in [2.45, 2.75) is 26.2 Å². The molecule has 1 heterocycles. The molecule has 1 aliphatic heterocycles. The molecular weight excluding hydrogens is 252 g/mol. The highest BCUT2D eigenvalue weighted by molar-refractivity contribution is 5.81. The van der Waals surface area contributed by atoms with E-state index in [1.54, 1.807) is 0 Å². The summed E-state index contributed by atoms with van der Waals surface area (Å²) in [6.07, 6.45) is 0. The van der Waals surface area contributed by atoms with Crippen LogP contribution in [0.15, 0.2) is 24.3 Å². The van der Waals surface area contributed by atoms with E-state index in [0.717, 1.165) is 5.69 Å². The first kappa shape index (κ1) is 14.9. The average molecular weight is 276 g/mol. The summed E-state index contributed by atoms with van der Waals surface area (Å²) in [5.74, 6) is 0.136. The second-order valence-corrected chi connectivity index (χ2v) is 6.14. The lowest BCUT2D eigenvalue weighted by Gasteiger charge is -2.28. The molecule has 0 aromatic heterocycles. The number of morpholine rings is 1. The number of hydrogen-bond donors (Lipinski definition) is 1. The normalized spacial score (nSPS) is 16.1. The summed E-state index contributed by atoms with van der Waals surface area (Å²) in [6, 6.07) is 8.18. The fourth-order valence-corrected chi connectivity index (χ4v) is 2.39. The number of carbonyl (C=O) groups excluding carboxylic acids is 1. The highest BCUT2D eigenvalue weighted by atomic mass is 16.5. The van der Waals surface area contributed by atoms with Crippen molar-refractivity contribution in [3.05, 3.63) is 29.8 Å². The molecule has 4 nitrogen and oxygen atoms in total. The standard InChI is InChI=1S/C16H24N2O2/c1-16(2,3)13-6-4-5-7-14(13)17-12-15(19)18-8-10-20-11-9-18/h4-7,17H,8-12H2,1-3H3. The van der Waals surface area contributed by atoms with E-state index < -0.39 is 0 Å². The summed E-state index contributed by atoms with van der Waals surface area (Å²) in [4.78, 5) is 14.0. The van der Waals surface area contributed by atoms with Gasteiger partial charge in [-0.05, 0) is 17.0 Å². The highest BCUT2D eigenvalue weighted by Crippen LogP contribution is 2.29. The first-order valence-corrected chi connectivity index (χ1v) is 7.17. The summed E-state index contributed by atoms with van der Waals surface area (Å²) in [5, 5.41) is 3.28. The molecule has 1 amide bonds. The van der Waals surface area contributed by atoms with Gasteiger partial charge < -0.3 is 15.0 Å².